The van der Waals surface area contributed by atoms with Gasteiger partial charge in [0.25, 0.3) is 0 Å². The molecule has 0 aromatic heterocycles. The highest BCUT2D eigenvalue weighted by atomic mass is 19.4. The van der Waals surface area contributed by atoms with E-state index in [0.29, 0.717) is 10.9 Å². The fraction of sp³-hybridized carbons (Fsp3) is 0.524. The number of benzene rings is 1. The van der Waals surface area contributed by atoms with Crippen molar-refractivity contribution in [3.05, 3.63) is 47.5 Å². The largest absolute Gasteiger partial charge is 0.416 e. The highest BCUT2D eigenvalue weighted by Gasteiger charge is 2.50. The summed E-state index contributed by atoms with van der Waals surface area (Å²) >= 11 is 0. The normalized spacial score (nSPS) is 28.5. The summed E-state index contributed by atoms with van der Waals surface area (Å²) in [4.78, 5) is 4.26. The van der Waals surface area contributed by atoms with Crippen molar-refractivity contribution < 1.29 is 26.3 Å². The maximum absolute atomic E-state index is 13.6. The minimum Gasteiger partial charge on any atom is -0.291 e. The molecular formula is C21H24F6N4. The highest BCUT2D eigenvalue weighted by molar-refractivity contribution is 5.90. The number of hydrogen-bond acceptors (Lipinski definition) is 3. The molecule has 2 aliphatic rings. The second-order valence-corrected chi connectivity index (χ2v) is 7.95. The number of alkyl halides is 6. The first-order valence-electron chi connectivity index (χ1n) is 9.89. The topological polar surface area (TPSA) is 40.0 Å². The molecule has 0 spiro atoms. The summed E-state index contributed by atoms with van der Waals surface area (Å²) < 4.78 is 81.5. The number of piperidine rings is 1. The van der Waals surface area contributed by atoms with E-state index in [1.54, 1.807) is 0 Å². The van der Waals surface area contributed by atoms with E-state index in [4.69, 9.17) is 0 Å². The molecular weight excluding hydrogens is 422 g/mol. The molecule has 4 unspecified atom stereocenters. The van der Waals surface area contributed by atoms with Crippen molar-refractivity contribution in [2.24, 2.45) is 16.0 Å². The first-order chi connectivity index (χ1) is 14.4. The van der Waals surface area contributed by atoms with Crippen LogP contribution < -0.4 is 5.32 Å². The Morgan fingerprint density at radius 1 is 1.13 bits per heavy atom. The fourth-order valence-electron chi connectivity index (χ4n) is 4.38. The number of amidine groups is 1. The number of nitrogens with one attached hydrogen (secondary N) is 1. The number of hydrazone groups is 1. The van der Waals surface area contributed by atoms with E-state index in [1.807, 2.05) is 6.92 Å². The van der Waals surface area contributed by atoms with Gasteiger partial charge in [-0.1, -0.05) is 37.3 Å². The van der Waals surface area contributed by atoms with Crippen LogP contribution >= 0.6 is 0 Å². The second-order valence-electron chi connectivity index (χ2n) is 7.95. The van der Waals surface area contributed by atoms with Crippen molar-refractivity contribution >= 4 is 12.6 Å². The molecule has 2 fully saturated rings. The molecule has 31 heavy (non-hydrogen) atoms. The lowest BCUT2D eigenvalue weighted by atomic mass is 9.77. The minimum atomic E-state index is -4.65. The van der Waals surface area contributed by atoms with Crippen LogP contribution in [0.25, 0.3) is 0 Å². The predicted octanol–water partition coefficient (Wildman–Crippen LogP) is 5.34. The molecule has 0 radical (unpaired) electrons. The van der Waals surface area contributed by atoms with E-state index in [2.05, 4.69) is 28.7 Å². The molecule has 4 atom stereocenters. The Hall–Kier alpha value is -2.36. The van der Waals surface area contributed by atoms with Crippen molar-refractivity contribution in [2.45, 2.75) is 56.5 Å². The lowest BCUT2D eigenvalue weighted by Crippen LogP contribution is -2.52. The van der Waals surface area contributed by atoms with Crippen molar-refractivity contribution in [2.75, 3.05) is 6.67 Å². The van der Waals surface area contributed by atoms with Gasteiger partial charge in [0.15, 0.2) is 0 Å². The number of nitrogens with zero attached hydrogens (tertiary/aromatic N) is 3. The van der Waals surface area contributed by atoms with Gasteiger partial charge in [-0.15, -0.1) is 0 Å². The molecule has 1 aromatic rings. The van der Waals surface area contributed by atoms with Gasteiger partial charge in [-0.05, 0) is 36.8 Å². The standard InChI is InChI=1S/C21H24F6N4/c1-12-10-13(2)18(12)29-11-30-19-15(8-9-17(21(25,26)27)31(19)28-3)14-6-4-5-7-16(14)20(22,23)24/h4-7,13,15,17-18,29H,1,3,8-11H2,2H3/b30-19-. The molecule has 1 heterocycles. The van der Waals surface area contributed by atoms with Crippen LogP contribution in [0.4, 0.5) is 26.3 Å². The maximum Gasteiger partial charge on any atom is 0.416 e. The number of aliphatic imine (C=N–C) groups is 1. The molecule has 1 saturated heterocycles. The van der Waals surface area contributed by atoms with E-state index in [1.165, 1.54) is 18.2 Å². The van der Waals surface area contributed by atoms with Gasteiger partial charge in [0, 0.05) is 18.7 Å². The molecule has 1 aliphatic heterocycles. The van der Waals surface area contributed by atoms with Crippen LogP contribution in [0.2, 0.25) is 0 Å². The van der Waals surface area contributed by atoms with Gasteiger partial charge in [0.05, 0.1) is 12.2 Å². The van der Waals surface area contributed by atoms with Gasteiger partial charge in [-0.3, -0.25) is 10.3 Å². The Bertz CT molecular complexity index is 860. The van der Waals surface area contributed by atoms with Gasteiger partial charge in [-0.2, -0.15) is 31.4 Å². The van der Waals surface area contributed by atoms with Gasteiger partial charge in [0.1, 0.15) is 11.9 Å². The third kappa shape index (κ3) is 4.78. The van der Waals surface area contributed by atoms with E-state index in [-0.39, 0.29) is 30.5 Å². The van der Waals surface area contributed by atoms with Crippen LogP contribution in [0.5, 0.6) is 0 Å². The Morgan fingerprint density at radius 2 is 1.81 bits per heavy atom. The zero-order chi connectivity index (χ0) is 23.0. The molecule has 1 aromatic carbocycles. The van der Waals surface area contributed by atoms with Crippen molar-refractivity contribution in [3.8, 4) is 0 Å². The first kappa shape index (κ1) is 23.3. The summed E-state index contributed by atoms with van der Waals surface area (Å²) in [5, 5.41) is 7.24. The van der Waals surface area contributed by atoms with Crippen molar-refractivity contribution in [1.82, 2.24) is 10.3 Å². The van der Waals surface area contributed by atoms with Crippen LogP contribution in [0, 0.1) is 5.92 Å². The number of halogens is 6. The van der Waals surface area contributed by atoms with Crippen LogP contribution in [0.3, 0.4) is 0 Å². The molecule has 10 heteroatoms. The fourth-order valence-corrected chi connectivity index (χ4v) is 4.38. The summed E-state index contributed by atoms with van der Waals surface area (Å²) in [6.45, 7) is 9.08. The van der Waals surface area contributed by atoms with Crippen LogP contribution in [0.15, 0.2) is 46.5 Å². The smallest absolute Gasteiger partial charge is 0.291 e. The molecule has 1 saturated carbocycles. The van der Waals surface area contributed by atoms with E-state index >= 15 is 0 Å². The quantitative estimate of drug-likeness (QED) is 0.377. The van der Waals surface area contributed by atoms with Crippen LogP contribution in [0.1, 0.15) is 43.2 Å². The third-order valence-corrected chi connectivity index (χ3v) is 5.89. The average molecular weight is 446 g/mol. The average Bonchev–Trinajstić information content (AvgIpc) is 2.69. The van der Waals surface area contributed by atoms with Crippen molar-refractivity contribution in [3.63, 3.8) is 0 Å². The van der Waals surface area contributed by atoms with E-state index in [9.17, 15) is 26.3 Å². The molecule has 0 amide bonds. The Balaban J connectivity index is 1.98. The molecule has 0 bridgehead atoms. The molecule has 1 N–H and O–H groups in total. The third-order valence-electron chi connectivity index (χ3n) is 5.89. The van der Waals surface area contributed by atoms with Gasteiger partial charge in [0.2, 0.25) is 0 Å². The first-order valence-corrected chi connectivity index (χ1v) is 9.89. The van der Waals surface area contributed by atoms with Crippen molar-refractivity contribution in [1.29, 1.82) is 0 Å². The van der Waals surface area contributed by atoms with E-state index in [0.717, 1.165) is 18.1 Å². The summed E-state index contributed by atoms with van der Waals surface area (Å²) in [6, 6.07) is 2.86. The summed E-state index contributed by atoms with van der Waals surface area (Å²) in [7, 11) is 0. The number of rotatable bonds is 5. The molecule has 4 nitrogen and oxygen atoms in total. The van der Waals surface area contributed by atoms with E-state index < -0.39 is 36.3 Å². The molecule has 170 valence electrons. The summed E-state index contributed by atoms with van der Waals surface area (Å²) in [6.07, 6.45) is -8.99. The predicted molar refractivity (Wildman–Crippen MR) is 107 cm³/mol. The highest BCUT2D eigenvalue weighted by Crippen LogP contribution is 2.43. The maximum atomic E-state index is 13.6. The van der Waals surface area contributed by atoms with Gasteiger partial charge >= 0.3 is 12.4 Å². The zero-order valence-corrected chi connectivity index (χ0v) is 17.0. The molecule has 3 rings (SSSR count). The Morgan fingerprint density at radius 3 is 2.35 bits per heavy atom. The summed E-state index contributed by atoms with van der Waals surface area (Å²) in [5.74, 6) is -0.867. The molecule has 1 aliphatic carbocycles. The lowest BCUT2D eigenvalue weighted by Gasteiger charge is -2.40. The monoisotopic (exact) mass is 446 g/mol. The van der Waals surface area contributed by atoms with Gasteiger partial charge in [-0.25, -0.2) is 5.01 Å². The Kier molecular flexibility index (Phi) is 6.50. The number of hydrogen-bond donors (Lipinski definition) is 1. The SMILES string of the molecule is C=NN1/C(=N\CNC2C(=C)CC2C)C(c2ccccc2C(F)(F)F)CCC1C(F)(F)F. The van der Waals surface area contributed by atoms with Crippen LogP contribution in [-0.2, 0) is 6.18 Å². The summed E-state index contributed by atoms with van der Waals surface area (Å²) in [5.41, 5.74) is -0.0530. The minimum absolute atomic E-state index is 0.0302. The lowest BCUT2D eigenvalue weighted by molar-refractivity contribution is -0.178. The van der Waals surface area contributed by atoms with Gasteiger partial charge < -0.3 is 0 Å². The zero-order valence-electron chi connectivity index (χ0n) is 17.0. The Labute approximate surface area is 176 Å². The van der Waals surface area contributed by atoms with Crippen LogP contribution in [-0.4, -0.2) is 42.5 Å². The second kappa shape index (κ2) is 8.64.